The molecule has 0 fully saturated rings. The second kappa shape index (κ2) is 6.22. The number of carbonyl (C=O) groups excluding carboxylic acids is 1. The lowest BCUT2D eigenvalue weighted by Crippen LogP contribution is -2.18. The molecule has 0 amide bonds. The van der Waals surface area contributed by atoms with Gasteiger partial charge in [-0.05, 0) is 0 Å². The molecular formula is C6H13NO4S2. The second-order valence-corrected chi connectivity index (χ2v) is 5.05. The Balaban J connectivity index is 3.33. The molecule has 0 rings (SSSR count). The summed E-state index contributed by atoms with van der Waals surface area (Å²) in [4.78, 5) is 10.6. The van der Waals surface area contributed by atoms with Gasteiger partial charge in [-0.15, -0.1) is 11.8 Å². The summed E-state index contributed by atoms with van der Waals surface area (Å²) < 4.78 is 25.6. The minimum Gasteiger partial charge on any atom is -0.455 e. The van der Waals surface area contributed by atoms with Gasteiger partial charge in [0.25, 0.3) is 0 Å². The van der Waals surface area contributed by atoms with E-state index in [9.17, 15) is 13.2 Å². The molecule has 5 nitrogen and oxygen atoms in total. The minimum absolute atomic E-state index is 0.0959. The third kappa shape index (κ3) is 9.65. The standard InChI is InChI=1S/C6H13NO4S2/c1-2-6(8)11-5-12-3-4-13(7,9)10/h2-5H2,1H3,(H2,7,9,10). The van der Waals surface area contributed by atoms with Crippen molar-refractivity contribution >= 4 is 27.8 Å². The summed E-state index contributed by atoms with van der Waals surface area (Å²) in [6, 6.07) is 0. The molecular weight excluding hydrogens is 214 g/mol. The number of sulfonamides is 1. The summed E-state index contributed by atoms with van der Waals surface area (Å²) >= 11 is 1.22. The monoisotopic (exact) mass is 227 g/mol. The quantitative estimate of drug-likeness (QED) is 0.389. The Morgan fingerprint density at radius 2 is 2.15 bits per heavy atom. The van der Waals surface area contributed by atoms with E-state index in [1.165, 1.54) is 11.8 Å². The van der Waals surface area contributed by atoms with Crippen molar-refractivity contribution in [3.8, 4) is 0 Å². The van der Waals surface area contributed by atoms with Crippen molar-refractivity contribution in [3.63, 3.8) is 0 Å². The van der Waals surface area contributed by atoms with Crippen LogP contribution in [-0.2, 0) is 19.6 Å². The lowest BCUT2D eigenvalue weighted by atomic mass is 10.5. The number of rotatable bonds is 6. The van der Waals surface area contributed by atoms with E-state index in [0.717, 1.165) is 0 Å². The zero-order chi connectivity index (χ0) is 10.3. The van der Waals surface area contributed by atoms with E-state index in [2.05, 4.69) is 0 Å². The number of hydrogen-bond donors (Lipinski definition) is 1. The van der Waals surface area contributed by atoms with Gasteiger partial charge in [-0.2, -0.15) is 0 Å². The third-order valence-corrected chi connectivity index (χ3v) is 2.91. The van der Waals surface area contributed by atoms with Crippen LogP contribution in [-0.4, -0.2) is 31.8 Å². The van der Waals surface area contributed by atoms with E-state index in [0.29, 0.717) is 12.2 Å². The molecule has 78 valence electrons. The molecule has 0 bridgehead atoms. The average Bonchev–Trinajstić information content (AvgIpc) is 2.01. The lowest BCUT2D eigenvalue weighted by Gasteiger charge is -2.01. The summed E-state index contributed by atoms with van der Waals surface area (Å²) in [5.74, 6) is 0.141. The summed E-state index contributed by atoms with van der Waals surface area (Å²) in [5, 5.41) is 4.75. The number of esters is 1. The highest BCUT2D eigenvalue weighted by Crippen LogP contribution is 2.01. The third-order valence-electron chi connectivity index (χ3n) is 1.10. The Hall–Kier alpha value is -0.270. The first-order valence-corrected chi connectivity index (χ1v) is 6.56. The van der Waals surface area contributed by atoms with Gasteiger partial charge < -0.3 is 4.74 Å². The number of nitrogens with two attached hydrogens (primary N) is 1. The molecule has 0 aromatic carbocycles. The van der Waals surface area contributed by atoms with Crippen LogP contribution in [0, 0.1) is 0 Å². The van der Waals surface area contributed by atoms with E-state index in [-0.39, 0.29) is 17.7 Å². The van der Waals surface area contributed by atoms with E-state index in [4.69, 9.17) is 9.88 Å². The van der Waals surface area contributed by atoms with Crippen LogP contribution in [0.4, 0.5) is 0 Å². The smallest absolute Gasteiger partial charge is 0.306 e. The van der Waals surface area contributed by atoms with Crippen LogP contribution in [0.15, 0.2) is 0 Å². The molecule has 0 aliphatic rings. The van der Waals surface area contributed by atoms with Crippen molar-refractivity contribution in [3.05, 3.63) is 0 Å². The molecule has 7 heteroatoms. The maximum absolute atomic E-state index is 10.6. The number of carbonyl (C=O) groups is 1. The molecule has 0 aliphatic carbocycles. The van der Waals surface area contributed by atoms with Gasteiger partial charge >= 0.3 is 5.97 Å². The van der Waals surface area contributed by atoms with Crippen LogP contribution < -0.4 is 5.14 Å². The largest absolute Gasteiger partial charge is 0.455 e. The maximum Gasteiger partial charge on any atom is 0.306 e. The van der Waals surface area contributed by atoms with Gasteiger partial charge in [0, 0.05) is 12.2 Å². The first kappa shape index (κ1) is 12.7. The number of ether oxygens (including phenoxy) is 1. The fourth-order valence-corrected chi connectivity index (χ4v) is 2.18. The van der Waals surface area contributed by atoms with Gasteiger partial charge in [0.15, 0.2) is 0 Å². The van der Waals surface area contributed by atoms with Crippen molar-refractivity contribution < 1.29 is 17.9 Å². The molecule has 0 aromatic heterocycles. The Bertz CT molecular complexity index is 249. The fraction of sp³-hybridized carbons (Fsp3) is 0.833. The van der Waals surface area contributed by atoms with Crippen LogP contribution >= 0.6 is 11.8 Å². The fourth-order valence-electron chi connectivity index (χ4n) is 0.443. The van der Waals surface area contributed by atoms with Crippen molar-refractivity contribution in [2.24, 2.45) is 5.14 Å². The van der Waals surface area contributed by atoms with Crippen molar-refractivity contribution in [2.45, 2.75) is 13.3 Å². The number of primary sulfonamides is 1. The summed E-state index contributed by atoms with van der Waals surface area (Å²) in [7, 11) is -3.39. The van der Waals surface area contributed by atoms with E-state index < -0.39 is 10.0 Å². The molecule has 0 unspecified atom stereocenters. The van der Waals surface area contributed by atoms with Gasteiger partial charge in [-0.3, -0.25) is 4.79 Å². The molecule has 13 heavy (non-hydrogen) atoms. The van der Waals surface area contributed by atoms with E-state index >= 15 is 0 Å². The molecule has 0 aromatic rings. The van der Waals surface area contributed by atoms with Crippen molar-refractivity contribution in [1.29, 1.82) is 0 Å². The van der Waals surface area contributed by atoms with E-state index in [1.807, 2.05) is 0 Å². The molecule has 0 saturated carbocycles. The number of hydrogen-bond acceptors (Lipinski definition) is 5. The van der Waals surface area contributed by atoms with Gasteiger partial charge in [-0.1, -0.05) is 6.92 Å². The second-order valence-electron chi connectivity index (χ2n) is 2.26. The van der Waals surface area contributed by atoms with Gasteiger partial charge in [-0.25, -0.2) is 13.6 Å². The predicted molar refractivity (Wildman–Crippen MR) is 51.7 cm³/mol. The Morgan fingerprint density at radius 1 is 1.54 bits per heavy atom. The lowest BCUT2D eigenvalue weighted by molar-refractivity contribution is -0.140. The normalized spacial score (nSPS) is 11.2. The van der Waals surface area contributed by atoms with Crippen LogP contribution in [0.3, 0.4) is 0 Å². The highest BCUT2D eigenvalue weighted by Gasteiger charge is 2.02. The van der Waals surface area contributed by atoms with Crippen molar-refractivity contribution in [1.82, 2.24) is 0 Å². The Morgan fingerprint density at radius 3 is 2.62 bits per heavy atom. The zero-order valence-electron chi connectivity index (χ0n) is 7.36. The molecule has 0 heterocycles. The zero-order valence-corrected chi connectivity index (χ0v) is 8.99. The molecule has 0 spiro atoms. The predicted octanol–water partition coefficient (Wildman–Crippen LogP) is -0.0812. The number of thioether (sulfide) groups is 1. The van der Waals surface area contributed by atoms with Crippen LogP contribution in [0.2, 0.25) is 0 Å². The van der Waals surface area contributed by atoms with Gasteiger partial charge in [0.05, 0.1) is 5.75 Å². The van der Waals surface area contributed by atoms with Gasteiger partial charge in [0.2, 0.25) is 10.0 Å². The highest BCUT2D eigenvalue weighted by atomic mass is 32.2. The maximum atomic E-state index is 10.6. The van der Waals surface area contributed by atoms with Crippen LogP contribution in [0.25, 0.3) is 0 Å². The Labute approximate surface area is 82.1 Å². The minimum atomic E-state index is -3.39. The summed E-state index contributed by atoms with van der Waals surface area (Å²) in [5.41, 5.74) is 0. The first-order valence-electron chi connectivity index (χ1n) is 3.69. The molecule has 0 atom stereocenters. The topological polar surface area (TPSA) is 86.5 Å². The van der Waals surface area contributed by atoms with Crippen LogP contribution in [0.1, 0.15) is 13.3 Å². The first-order chi connectivity index (χ1) is 5.95. The Kier molecular flexibility index (Phi) is 6.10. The SMILES string of the molecule is CCC(=O)OCSCCS(N)(=O)=O. The average molecular weight is 227 g/mol. The summed E-state index contributed by atoms with van der Waals surface area (Å²) in [6.07, 6.45) is 0.329. The van der Waals surface area contributed by atoms with E-state index in [1.54, 1.807) is 6.92 Å². The van der Waals surface area contributed by atoms with Gasteiger partial charge in [0.1, 0.15) is 5.94 Å². The summed E-state index contributed by atoms with van der Waals surface area (Å²) in [6.45, 7) is 1.69. The van der Waals surface area contributed by atoms with Crippen molar-refractivity contribution in [2.75, 3.05) is 17.4 Å². The molecule has 2 N–H and O–H groups in total. The molecule has 0 saturated heterocycles. The highest BCUT2D eigenvalue weighted by molar-refractivity contribution is 8.00. The van der Waals surface area contributed by atoms with Crippen LogP contribution in [0.5, 0.6) is 0 Å². The molecule has 0 radical (unpaired) electrons. The molecule has 0 aliphatic heterocycles.